The van der Waals surface area contributed by atoms with Gasteiger partial charge < -0.3 is 9.52 Å². The molecule has 0 aliphatic carbocycles. The predicted octanol–water partition coefficient (Wildman–Crippen LogP) is 1.89. The minimum absolute atomic E-state index is 0.106. The van der Waals surface area contributed by atoms with Crippen molar-refractivity contribution < 1.29 is 14.3 Å². The number of hydrogen-bond acceptors (Lipinski definition) is 5. The number of thioether (sulfide) groups is 1. The van der Waals surface area contributed by atoms with Crippen molar-refractivity contribution in [1.82, 2.24) is 5.32 Å². The second-order valence-corrected chi connectivity index (χ2v) is 5.93. The number of fused-ring (bicyclic) bond motifs is 1. The van der Waals surface area contributed by atoms with Gasteiger partial charge in [0, 0.05) is 5.75 Å². The van der Waals surface area contributed by atoms with Gasteiger partial charge in [-0.05, 0) is 19.1 Å². The van der Waals surface area contributed by atoms with Crippen molar-refractivity contribution in [2.45, 2.75) is 18.3 Å². The number of aryl methyl sites for hydroxylation is 1. The minimum Gasteiger partial charge on any atom is -0.480 e. The molecule has 1 saturated heterocycles. The van der Waals surface area contributed by atoms with Crippen LogP contribution in [0.15, 0.2) is 33.7 Å². The van der Waals surface area contributed by atoms with Crippen LogP contribution in [0.2, 0.25) is 0 Å². The zero-order chi connectivity index (χ0) is 14.3. The van der Waals surface area contributed by atoms with E-state index < -0.39 is 12.0 Å². The molecule has 104 valence electrons. The van der Waals surface area contributed by atoms with Gasteiger partial charge in [-0.1, -0.05) is 11.6 Å². The number of hydrogen-bond donors (Lipinski definition) is 2. The number of carbonyl (C=O) groups is 1. The van der Waals surface area contributed by atoms with E-state index in [0.717, 1.165) is 5.56 Å². The van der Waals surface area contributed by atoms with E-state index in [1.54, 1.807) is 12.1 Å². The van der Waals surface area contributed by atoms with Crippen LogP contribution in [0.4, 0.5) is 0 Å². The number of benzene rings is 1. The Bertz CT molecular complexity index is 740. The Morgan fingerprint density at radius 3 is 3.00 bits per heavy atom. The number of carboxylic acids is 1. The standard InChI is InChI=1S/C14H13NO4S/c1-7-2-3-11-8(4-7)12(16)9(5-19-11)13-15-10(6-20-13)14(17)18/h2-5,10,13,15H,6H2,1H3,(H,17,18)/t10-,13+/m1/s1. The molecule has 0 bridgehead atoms. The van der Waals surface area contributed by atoms with Crippen molar-refractivity contribution in [1.29, 1.82) is 0 Å². The molecule has 1 fully saturated rings. The second kappa shape index (κ2) is 4.96. The van der Waals surface area contributed by atoms with Gasteiger partial charge in [-0.15, -0.1) is 11.8 Å². The molecule has 0 spiro atoms. The normalized spacial score (nSPS) is 22.2. The third kappa shape index (κ3) is 2.21. The van der Waals surface area contributed by atoms with E-state index in [9.17, 15) is 9.59 Å². The quantitative estimate of drug-likeness (QED) is 0.879. The molecule has 2 N–H and O–H groups in total. The summed E-state index contributed by atoms with van der Waals surface area (Å²) in [6.07, 6.45) is 1.43. The van der Waals surface area contributed by atoms with Gasteiger partial charge in [0.2, 0.25) is 0 Å². The Morgan fingerprint density at radius 2 is 2.30 bits per heavy atom. The van der Waals surface area contributed by atoms with Gasteiger partial charge in [-0.25, -0.2) is 0 Å². The van der Waals surface area contributed by atoms with Gasteiger partial charge in [0.05, 0.1) is 16.3 Å². The summed E-state index contributed by atoms with van der Waals surface area (Å²) < 4.78 is 5.49. The Hall–Kier alpha value is -1.79. The fourth-order valence-corrected chi connectivity index (χ4v) is 3.46. The SMILES string of the molecule is Cc1ccc2occ([C@H]3N[C@@H](C(=O)O)CS3)c(=O)c2c1. The van der Waals surface area contributed by atoms with Gasteiger partial charge in [-0.3, -0.25) is 14.9 Å². The minimum atomic E-state index is -0.902. The highest BCUT2D eigenvalue weighted by atomic mass is 32.2. The topological polar surface area (TPSA) is 79.5 Å². The summed E-state index contributed by atoms with van der Waals surface area (Å²) in [4.78, 5) is 23.4. The van der Waals surface area contributed by atoms with Crippen LogP contribution in [0.1, 0.15) is 16.5 Å². The van der Waals surface area contributed by atoms with Crippen LogP contribution in [0.25, 0.3) is 11.0 Å². The molecule has 6 heteroatoms. The lowest BCUT2D eigenvalue weighted by molar-refractivity contribution is -0.138. The average Bonchev–Trinajstić information content (AvgIpc) is 2.89. The summed E-state index contributed by atoms with van der Waals surface area (Å²) in [5.41, 5.74) is 1.89. The van der Waals surface area contributed by atoms with Crippen LogP contribution in [-0.2, 0) is 4.79 Å². The fraction of sp³-hybridized carbons (Fsp3) is 0.286. The number of rotatable bonds is 2. The van der Waals surface area contributed by atoms with Gasteiger partial charge in [0.15, 0.2) is 5.43 Å². The highest BCUT2D eigenvalue weighted by molar-refractivity contribution is 7.99. The van der Waals surface area contributed by atoms with E-state index in [1.165, 1.54) is 18.0 Å². The maximum Gasteiger partial charge on any atom is 0.321 e. The predicted molar refractivity (Wildman–Crippen MR) is 77.0 cm³/mol. The lowest BCUT2D eigenvalue weighted by Crippen LogP contribution is -2.34. The molecule has 0 unspecified atom stereocenters. The van der Waals surface area contributed by atoms with Crippen molar-refractivity contribution in [2.75, 3.05) is 5.75 Å². The first-order chi connectivity index (χ1) is 9.56. The van der Waals surface area contributed by atoms with Crippen LogP contribution in [0.5, 0.6) is 0 Å². The molecular formula is C14H13NO4S. The molecule has 2 aromatic rings. The molecule has 1 aliphatic heterocycles. The summed E-state index contributed by atoms with van der Waals surface area (Å²) in [7, 11) is 0. The van der Waals surface area contributed by atoms with Crippen LogP contribution < -0.4 is 10.7 Å². The number of nitrogens with one attached hydrogen (secondary N) is 1. The van der Waals surface area contributed by atoms with E-state index in [1.807, 2.05) is 13.0 Å². The Kier molecular flexibility index (Phi) is 3.27. The summed E-state index contributed by atoms with van der Waals surface area (Å²) in [5.74, 6) is -0.466. The van der Waals surface area contributed by atoms with Gasteiger partial charge >= 0.3 is 5.97 Å². The smallest absolute Gasteiger partial charge is 0.321 e. The molecular weight excluding hydrogens is 278 g/mol. The van der Waals surface area contributed by atoms with E-state index >= 15 is 0 Å². The molecule has 2 heterocycles. The second-order valence-electron chi connectivity index (χ2n) is 4.79. The molecule has 0 amide bonds. The molecule has 2 atom stereocenters. The third-order valence-corrected chi connectivity index (χ3v) is 4.57. The van der Waals surface area contributed by atoms with Crippen molar-refractivity contribution in [3.8, 4) is 0 Å². The van der Waals surface area contributed by atoms with E-state index in [-0.39, 0.29) is 10.8 Å². The van der Waals surface area contributed by atoms with Crippen LogP contribution in [0.3, 0.4) is 0 Å². The Balaban J connectivity index is 2.03. The first-order valence-corrected chi connectivity index (χ1v) is 7.23. The summed E-state index contributed by atoms with van der Waals surface area (Å²) >= 11 is 1.41. The van der Waals surface area contributed by atoms with E-state index in [2.05, 4.69) is 5.32 Å². The molecule has 0 radical (unpaired) electrons. The zero-order valence-corrected chi connectivity index (χ0v) is 11.6. The average molecular weight is 291 g/mol. The van der Waals surface area contributed by atoms with E-state index in [4.69, 9.17) is 9.52 Å². The molecule has 5 nitrogen and oxygen atoms in total. The monoisotopic (exact) mass is 291 g/mol. The fourth-order valence-electron chi connectivity index (χ4n) is 2.23. The zero-order valence-electron chi connectivity index (χ0n) is 10.8. The molecule has 3 rings (SSSR count). The summed E-state index contributed by atoms with van der Waals surface area (Å²) in [6, 6.07) is 4.82. The maximum absolute atomic E-state index is 12.5. The summed E-state index contributed by atoms with van der Waals surface area (Å²) in [5, 5.41) is 12.1. The molecule has 1 aromatic heterocycles. The van der Waals surface area contributed by atoms with Crippen LogP contribution in [-0.4, -0.2) is 22.9 Å². The van der Waals surface area contributed by atoms with Crippen molar-refractivity contribution in [2.24, 2.45) is 0 Å². The van der Waals surface area contributed by atoms with Gasteiger partial charge in [0.25, 0.3) is 0 Å². The molecule has 20 heavy (non-hydrogen) atoms. The number of carboxylic acid groups (broad SMARTS) is 1. The Morgan fingerprint density at radius 1 is 1.50 bits per heavy atom. The lowest BCUT2D eigenvalue weighted by Gasteiger charge is -2.10. The van der Waals surface area contributed by atoms with Crippen molar-refractivity contribution in [3.05, 3.63) is 45.8 Å². The largest absolute Gasteiger partial charge is 0.480 e. The summed E-state index contributed by atoms with van der Waals surface area (Å²) in [6.45, 7) is 1.91. The lowest BCUT2D eigenvalue weighted by atomic mass is 10.1. The maximum atomic E-state index is 12.5. The molecule has 1 aromatic carbocycles. The first-order valence-electron chi connectivity index (χ1n) is 6.19. The highest BCUT2D eigenvalue weighted by Crippen LogP contribution is 2.32. The van der Waals surface area contributed by atoms with E-state index in [0.29, 0.717) is 22.3 Å². The highest BCUT2D eigenvalue weighted by Gasteiger charge is 2.32. The van der Waals surface area contributed by atoms with Crippen LogP contribution >= 0.6 is 11.8 Å². The van der Waals surface area contributed by atoms with Gasteiger partial charge in [-0.2, -0.15) is 0 Å². The van der Waals surface area contributed by atoms with Crippen molar-refractivity contribution in [3.63, 3.8) is 0 Å². The molecule has 0 saturated carbocycles. The first kappa shape index (κ1) is 13.2. The third-order valence-electron chi connectivity index (χ3n) is 3.32. The van der Waals surface area contributed by atoms with Crippen LogP contribution in [0, 0.1) is 6.92 Å². The van der Waals surface area contributed by atoms with Gasteiger partial charge in [0.1, 0.15) is 17.9 Å². The Labute approximate surface area is 119 Å². The number of aliphatic carboxylic acids is 1. The molecule has 1 aliphatic rings. The van der Waals surface area contributed by atoms with Crippen molar-refractivity contribution >= 4 is 28.7 Å².